The van der Waals surface area contributed by atoms with Crippen molar-refractivity contribution in [3.63, 3.8) is 0 Å². The smallest absolute Gasteiger partial charge is 0.438 e. The Morgan fingerprint density at radius 3 is 1.50 bits per heavy atom. The summed E-state index contributed by atoms with van der Waals surface area (Å²) in [5.74, 6) is 0. The van der Waals surface area contributed by atoms with E-state index in [0.29, 0.717) is 0 Å². The molecule has 0 atom stereocenters. The van der Waals surface area contributed by atoms with Crippen LogP contribution in [0.25, 0.3) is 0 Å². The van der Waals surface area contributed by atoms with Crippen LogP contribution in [0.3, 0.4) is 0 Å². The van der Waals surface area contributed by atoms with Crippen LogP contribution < -0.4 is 0 Å². The Hall–Kier alpha value is -0.810. The van der Waals surface area contributed by atoms with Gasteiger partial charge in [-0.15, -0.1) is 0 Å². The minimum Gasteiger partial charge on any atom is -0.438 e. The molecule has 0 aromatic rings. The molecule has 0 aliphatic rings. The van der Waals surface area contributed by atoms with E-state index in [-0.39, 0.29) is 0 Å². The summed E-state index contributed by atoms with van der Waals surface area (Å²) in [7, 11) is 2.51. The molecule has 0 bridgehead atoms. The maximum absolute atomic E-state index is 9.74. The molecule has 2 N–H and O–H groups in total. The number of carbonyl (C=O) groups is 1. The number of hydrogen-bond acceptors (Lipinski definition) is 5. The third-order valence-electron chi connectivity index (χ3n) is 0.333. The third kappa shape index (κ3) is 8.95. The first-order valence-corrected chi connectivity index (χ1v) is 1.63. The first kappa shape index (κ1) is 10.2. The summed E-state index contributed by atoms with van der Waals surface area (Å²) in [4.78, 5) is 9.74. The molecule has 0 rings (SSSR count). The highest BCUT2D eigenvalue weighted by atomic mass is 17.0. The molecule has 5 nitrogen and oxygen atoms in total. The fraction of sp³-hybridized carbons (Fsp3) is 0.667. The Morgan fingerprint density at radius 1 is 1.25 bits per heavy atom. The topological polar surface area (TPSA) is 76.0 Å². The Morgan fingerprint density at radius 2 is 1.50 bits per heavy atom. The summed E-state index contributed by atoms with van der Waals surface area (Å²) >= 11 is 0. The zero-order valence-electron chi connectivity index (χ0n) is 4.62. The van der Waals surface area contributed by atoms with Crippen molar-refractivity contribution in [2.75, 3.05) is 14.2 Å². The molecule has 0 heterocycles. The third-order valence-corrected chi connectivity index (χ3v) is 0.333. The van der Waals surface area contributed by atoms with Crippen molar-refractivity contribution in [1.29, 1.82) is 0 Å². The highest BCUT2D eigenvalue weighted by Crippen LogP contribution is 1.72. The standard InChI is InChI=1S/C3H6O3.H2O2/c1-5-3(4)6-2;1-2/h1-2H3;1-2H. The van der Waals surface area contributed by atoms with Crippen molar-refractivity contribution in [1.82, 2.24) is 0 Å². The number of carbonyl (C=O) groups excluding carboxylic acids is 1. The lowest BCUT2D eigenvalue weighted by atomic mass is 11.3. The summed E-state index contributed by atoms with van der Waals surface area (Å²) in [6.45, 7) is 0. The molecule has 0 aromatic heterocycles. The van der Waals surface area contributed by atoms with E-state index in [9.17, 15) is 4.79 Å². The van der Waals surface area contributed by atoms with Crippen LogP contribution in [-0.4, -0.2) is 30.9 Å². The van der Waals surface area contributed by atoms with E-state index in [0.717, 1.165) is 0 Å². The second kappa shape index (κ2) is 9.50. The van der Waals surface area contributed by atoms with E-state index in [2.05, 4.69) is 9.47 Å². The van der Waals surface area contributed by atoms with Crippen molar-refractivity contribution < 1.29 is 24.8 Å². The maximum atomic E-state index is 9.74. The molecule has 0 saturated carbocycles. The van der Waals surface area contributed by atoms with Crippen molar-refractivity contribution in [2.45, 2.75) is 0 Å². The number of hydrogen-bond donors (Lipinski definition) is 2. The van der Waals surface area contributed by atoms with Gasteiger partial charge in [0.25, 0.3) is 0 Å². The molecule has 0 spiro atoms. The van der Waals surface area contributed by atoms with Crippen molar-refractivity contribution in [2.24, 2.45) is 0 Å². The number of rotatable bonds is 0. The van der Waals surface area contributed by atoms with E-state index in [1.165, 1.54) is 14.2 Å². The van der Waals surface area contributed by atoms with Crippen LogP contribution in [0.5, 0.6) is 0 Å². The molecule has 0 aliphatic carbocycles. The largest absolute Gasteiger partial charge is 0.507 e. The van der Waals surface area contributed by atoms with Crippen LogP contribution in [-0.2, 0) is 9.47 Å². The molecule has 0 aromatic carbocycles. The Balaban J connectivity index is 0. The molecule has 0 aliphatic heterocycles. The maximum Gasteiger partial charge on any atom is 0.507 e. The van der Waals surface area contributed by atoms with E-state index < -0.39 is 6.16 Å². The lowest BCUT2D eigenvalue weighted by Gasteiger charge is -1.89. The molecule has 8 heavy (non-hydrogen) atoms. The molecule has 50 valence electrons. The van der Waals surface area contributed by atoms with Crippen LogP contribution >= 0.6 is 0 Å². The predicted octanol–water partition coefficient (Wildman–Crippen LogP) is 0.417. The average molecular weight is 124 g/mol. The Labute approximate surface area is 46.4 Å². The molecule has 0 fully saturated rings. The Bertz CT molecular complexity index is 45.6. The van der Waals surface area contributed by atoms with Gasteiger partial charge in [-0.2, -0.15) is 0 Å². The molecule has 0 amide bonds. The van der Waals surface area contributed by atoms with Gasteiger partial charge in [0, 0.05) is 0 Å². The molecular weight excluding hydrogens is 116 g/mol. The molecule has 0 radical (unpaired) electrons. The fourth-order valence-electron chi connectivity index (χ4n) is 0.0833. The fourth-order valence-corrected chi connectivity index (χ4v) is 0.0833. The van der Waals surface area contributed by atoms with Crippen LogP contribution in [0.1, 0.15) is 0 Å². The van der Waals surface area contributed by atoms with Crippen molar-refractivity contribution in [3.05, 3.63) is 0 Å². The first-order chi connectivity index (χ1) is 3.81. The normalized spacial score (nSPS) is 6.00. The van der Waals surface area contributed by atoms with Gasteiger partial charge in [-0.05, 0) is 0 Å². The number of ether oxygens (including phenoxy) is 2. The Kier molecular flexibility index (Phi) is 12.1. The van der Waals surface area contributed by atoms with Gasteiger partial charge in [-0.1, -0.05) is 0 Å². The molecule has 0 saturated heterocycles. The minimum atomic E-state index is -0.657. The van der Waals surface area contributed by atoms with E-state index in [1.54, 1.807) is 0 Å². The quantitative estimate of drug-likeness (QED) is 0.278. The van der Waals surface area contributed by atoms with Gasteiger partial charge in [0.1, 0.15) is 0 Å². The molecular formula is C3H8O5. The van der Waals surface area contributed by atoms with Gasteiger partial charge in [-0.25, -0.2) is 4.79 Å². The van der Waals surface area contributed by atoms with Gasteiger partial charge < -0.3 is 9.47 Å². The summed E-state index contributed by atoms with van der Waals surface area (Å²) in [6, 6.07) is 0. The monoisotopic (exact) mass is 124 g/mol. The SMILES string of the molecule is COC(=O)OC.OO. The summed E-state index contributed by atoms with van der Waals surface area (Å²) in [6.07, 6.45) is -0.657. The highest BCUT2D eigenvalue weighted by molar-refractivity contribution is 5.59. The zero-order chi connectivity index (χ0) is 6.99. The second-order valence-corrected chi connectivity index (χ2v) is 0.658. The van der Waals surface area contributed by atoms with Gasteiger partial charge in [-0.3, -0.25) is 10.5 Å². The van der Waals surface area contributed by atoms with E-state index >= 15 is 0 Å². The van der Waals surface area contributed by atoms with Crippen LogP contribution in [0.4, 0.5) is 4.79 Å². The van der Waals surface area contributed by atoms with E-state index in [4.69, 9.17) is 10.5 Å². The van der Waals surface area contributed by atoms with Gasteiger partial charge >= 0.3 is 6.16 Å². The summed E-state index contributed by atoms with van der Waals surface area (Å²) in [5, 5.41) is 12.0. The van der Waals surface area contributed by atoms with E-state index in [1.807, 2.05) is 0 Å². The summed E-state index contributed by atoms with van der Waals surface area (Å²) in [5.41, 5.74) is 0. The molecule has 5 heteroatoms. The minimum absolute atomic E-state index is 0.657. The average Bonchev–Trinajstić information content (AvgIpc) is 1.91. The molecule has 0 unspecified atom stereocenters. The summed E-state index contributed by atoms with van der Waals surface area (Å²) < 4.78 is 8.08. The lowest BCUT2D eigenvalue weighted by molar-refractivity contribution is -0.176. The van der Waals surface area contributed by atoms with Gasteiger partial charge in [0.05, 0.1) is 14.2 Å². The number of methoxy groups -OCH3 is 2. The zero-order valence-corrected chi connectivity index (χ0v) is 4.62. The van der Waals surface area contributed by atoms with Crippen LogP contribution in [0.15, 0.2) is 0 Å². The van der Waals surface area contributed by atoms with Crippen molar-refractivity contribution >= 4 is 6.16 Å². The van der Waals surface area contributed by atoms with Crippen LogP contribution in [0.2, 0.25) is 0 Å². The van der Waals surface area contributed by atoms with Crippen molar-refractivity contribution in [3.8, 4) is 0 Å². The van der Waals surface area contributed by atoms with Crippen LogP contribution in [0, 0.1) is 0 Å². The first-order valence-electron chi connectivity index (χ1n) is 1.63. The van der Waals surface area contributed by atoms with Gasteiger partial charge in [0.2, 0.25) is 0 Å². The second-order valence-electron chi connectivity index (χ2n) is 0.658. The van der Waals surface area contributed by atoms with Gasteiger partial charge in [0.15, 0.2) is 0 Å². The lowest BCUT2D eigenvalue weighted by Crippen LogP contribution is -1.97. The predicted molar refractivity (Wildman–Crippen MR) is 24.7 cm³/mol. The highest BCUT2D eigenvalue weighted by Gasteiger charge is 1.88.